The first-order valence-corrected chi connectivity index (χ1v) is 14.7. The highest BCUT2D eigenvalue weighted by Gasteiger charge is 2.50. The SMILES string of the molecule is CC(C)=CCc1c(O)cc(O)c2c(=O)c(O[C@@H]3O[C@@H](C)[C@H](O)[C@@H](O)[C@H]3O[C@@H]3O[C@@H](C)[C@H](O)[C@@H](O)[C@H]3O)c(-c3ccc(O)cc3)oc12. The molecule has 0 unspecified atom stereocenters. The van der Waals surface area contributed by atoms with E-state index in [0.717, 1.165) is 11.6 Å². The summed E-state index contributed by atoms with van der Waals surface area (Å²) in [5.74, 6) is -1.73. The number of allylic oxidation sites excluding steroid dienone is 2. The summed E-state index contributed by atoms with van der Waals surface area (Å²) >= 11 is 0. The molecule has 3 aromatic rings. The van der Waals surface area contributed by atoms with Gasteiger partial charge in [0.05, 0.1) is 12.2 Å². The Labute approximate surface area is 262 Å². The first-order valence-electron chi connectivity index (χ1n) is 14.7. The number of aromatic hydroxyl groups is 3. The normalized spacial score (nSPS) is 31.5. The van der Waals surface area contributed by atoms with Crippen molar-refractivity contribution in [3.8, 4) is 34.3 Å². The maximum atomic E-state index is 14.2. The minimum Gasteiger partial charge on any atom is -0.508 e. The van der Waals surface area contributed by atoms with E-state index in [0.29, 0.717) is 0 Å². The Kier molecular flexibility index (Phi) is 9.63. The zero-order chi connectivity index (χ0) is 33.6. The molecule has 10 atom stereocenters. The van der Waals surface area contributed by atoms with Crippen LogP contribution in [0.3, 0.4) is 0 Å². The highest BCUT2D eigenvalue weighted by Crippen LogP contribution is 2.40. The summed E-state index contributed by atoms with van der Waals surface area (Å²) in [5, 5.41) is 83.6. The van der Waals surface area contributed by atoms with Gasteiger partial charge in [-0.2, -0.15) is 0 Å². The molecule has 14 nitrogen and oxygen atoms in total. The molecule has 1 aromatic heterocycles. The van der Waals surface area contributed by atoms with Gasteiger partial charge >= 0.3 is 0 Å². The number of phenolic OH excluding ortho intramolecular Hbond substituents is 3. The van der Waals surface area contributed by atoms with Gasteiger partial charge in [0.2, 0.25) is 17.5 Å². The number of ether oxygens (including phenoxy) is 4. The van der Waals surface area contributed by atoms with Gasteiger partial charge in [0.1, 0.15) is 58.7 Å². The molecule has 0 aliphatic carbocycles. The van der Waals surface area contributed by atoms with E-state index in [2.05, 4.69) is 0 Å². The van der Waals surface area contributed by atoms with E-state index in [1.807, 2.05) is 13.8 Å². The molecule has 0 saturated carbocycles. The van der Waals surface area contributed by atoms with Crippen LogP contribution in [0.15, 0.2) is 51.2 Å². The van der Waals surface area contributed by atoms with Crippen LogP contribution < -0.4 is 10.2 Å². The van der Waals surface area contributed by atoms with Crippen LogP contribution in [-0.4, -0.2) is 102 Å². The Bertz CT molecular complexity index is 1650. The predicted octanol–water partition coefficient (Wildman–Crippen LogP) is 1.14. The standard InChI is InChI=1S/C32H38O14/c1-12(2)5-10-17-18(34)11-19(35)20-23(38)29(27(44-28(17)20)15-6-8-16(33)9-7-15)45-32-30(25(40)22(37)14(4)43-32)46-31-26(41)24(39)21(36)13(3)42-31/h5-9,11,13-14,21-22,24-26,30-37,39-41H,10H2,1-4H3/t13-,14-,21-,22-,24+,25+,26+,30+,31-,32-/m0/s1. The Hall–Kier alpha value is -3.73. The van der Waals surface area contributed by atoms with E-state index < -0.39 is 78.3 Å². The average Bonchev–Trinajstić information content (AvgIpc) is 3.00. The number of hydrogen-bond donors (Lipinski definition) is 8. The highest BCUT2D eigenvalue weighted by molar-refractivity contribution is 5.91. The summed E-state index contributed by atoms with van der Waals surface area (Å²) in [4.78, 5) is 14.2. The van der Waals surface area contributed by atoms with Gasteiger partial charge in [0, 0.05) is 17.2 Å². The monoisotopic (exact) mass is 646 g/mol. The van der Waals surface area contributed by atoms with Crippen LogP contribution in [0.2, 0.25) is 0 Å². The molecule has 0 amide bonds. The summed E-state index contributed by atoms with van der Waals surface area (Å²) < 4.78 is 29.4. The van der Waals surface area contributed by atoms with Gasteiger partial charge in [-0.05, 0) is 58.4 Å². The van der Waals surface area contributed by atoms with E-state index in [1.165, 1.54) is 38.1 Å². The van der Waals surface area contributed by atoms with Crippen LogP contribution in [0.4, 0.5) is 0 Å². The Morgan fingerprint density at radius 1 is 0.826 bits per heavy atom. The van der Waals surface area contributed by atoms with Gasteiger partial charge in [-0.3, -0.25) is 4.79 Å². The van der Waals surface area contributed by atoms with Crippen LogP contribution in [0, 0.1) is 0 Å². The molecule has 2 aliphatic rings. The quantitative estimate of drug-likeness (QED) is 0.168. The molecule has 2 saturated heterocycles. The molecule has 3 heterocycles. The number of aliphatic hydroxyl groups is 5. The Balaban J connectivity index is 1.65. The second kappa shape index (κ2) is 13.2. The molecule has 14 heteroatoms. The molecule has 0 radical (unpaired) electrons. The first-order chi connectivity index (χ1) is 21.7. The van der Waals surface area contributed by atoms with Crippen LogP contribution >= 0.6 is 0 Å². The fourth-order valence-electron chi connectivity index (χ4n) is 5.42. The highest BCUT2D eigenvalue weighted by atomic mass is 16.8. The lowest BCUT2D eigenvalue weighted by molar-refractivity contribution is -0.352. The van der Waals surface area contributed by atoms with Crippen molar-refractivity contribution in [2.75, 3.05) is 0 Å². The predicted molar refractivity (Wildman–Crippen MR) is 160 cm³/mol. The average molecular weight is 647 g/mol. The van der Waals surface area contributed by atoms with E-state index in [4.69, 9.17) is 23.4 Å². The van der Waals surface area contributed by atoms with Gasteiger partial charge in [-0.1, -0.05) is 11.6 Å². The molecule has 250 valence electrons. The van der Waals surface area contributed by atoms with Crippen molar-refractivity contribution in [3.05, 3.63) is 57.8 Å². The van der Waals surface area contributed by atoms with E-state index in [-0.39, 0.29) is 45.8 Å². The lowest BCUT2D eigenvalue weighted by atomic mass is 9.98. The van der Waals surface area contributed by atoms with Crippen LogP contribution in [0.5, 0.6) is 23.0 Å². The zero-order valence-corrected chi connectivity index (χ0v) is 25.5. The first kappa shape index (κ1) is 33.6. The van der Waals surface area contributed by atoms with E-state index in [1.54, 1.807) is 6.08 Å². The smallest absolute Gasteiger partial charge is 0.239 e. The van der Waals surface area contributed by atoms with Crippen molar-refractivity contribution in [2.45, 2.75) is 95.5 Å². The minimum atomic E-state index is -1.78. The van der Waals surface area contributed by atoms with Crippen LogP contribution in [0.25, 0.3) is 22.3 Å². The summed E-state index contributed by atoms with van der Waals surface area (Å²) in [6, 6.07) is 6.54. The number of benzene rings is 2. The second-order valence-electron chi connectivity index (χ2n) is 11.8. The Morgan fingerprint density at radius 3 is 2.07 bits per heavy atom. The molecule has 8 N–H and O–H groups in total. The van der Waals surface area contributed by atoms with Gasteiger partial charge in [0.25, 0.3) is 0 Å². The lowest BCUT2D eigenvalue weighted by Gasteiger charge is -2.45. The second-order valence-corrected chi connectivity index (χ2v) is 11.8. The molecule has 0 bridgehead atoms. The lowest BCUT2D eigenvalue weighted by Crippen LogP contribution is -2.63. The maximum absolute atomic E-state index is 14.2. The van der Waals surface area contributed by atoms with Crippen molar-refractivity contribution in [2.24, 2.45) is 0 Å². The summed E-state index contributed by atoms with van der Waals surface area (Å²) in [6.07, 6.45) is -13.2. The third-order valence-corrected chi connectivity index (χ3v) is 8.15. The summed E-state index contributed by atoms with van der Waals surface area (Å²) in [5.41, 5.74) is 0.342. The molecule has 46 heavy (non-hydrogen) atoms. The molecular weight excluding hydrogens is 608 g/mol. The summed E-state index contributed by atoms with van der Waals surface area (Å²) in [7, 11) is 0. The third-order valence-electron chi connectivity index (χ3n) is 8.15. The van der Waals surface area contributed by atoms with E-state index >= 15 is 0 Å². The molecule has 5 rings (SSSR count). The molecule has 2 fully saturated rings. The molecular formula is C32H38O14. The van der Waals surface area contributed by atoms with Crippen LogP contribution in [-0.2, 0) is 20.6 Å². The largest absolute Gasteiger partial charge is 0.508 e. The van der Waals surface area contributed by atoms with Crippen LogP contribution in [0.1, 0.15) is 33.3 Å². The van der Waals surface area contributed by atoms with Crippen molar-refractivity contribution in [1.82, 2.24) is 0 Å². The number of aliphatic hydroxyl groups excluding tert-OH is 5. The molecule has 0 spiro atoms. The minimum absolute atomic E-state index is 0.0866. The van der Waals surface area contributed by atoms with Crippen molar-refractivity contribution in [3.63, 3.8) is 0 Å². The van der Waals surface area contributed by atoms with Gasteiger partial charge < -0.3 is 64.2 Å². The topological polar surface area (TPSA) is 229 Å². The summed E-state index contributed by atoms with van der Waals surface area (Å²) in [6.45, 7) is 6.55. The number of hydrogen-bond acceptors (Lipinski definition) is 14. The zero-order valence-electron chi connectivity index (χ0n) is 25.5. The van der Waals surface area contributed by atoms with Crippen molar-refractivity contribution < 1.29 is 64.2 Å². The third kappa shape index (κ3) is 6.30. The fraction of sp³-hybridized carbons (Fsp3) is 0.469. The van der Waals surface area contributed by atoms with Gasteiger partial charge in [-0.15, -0.1) is 0 Å². The molecule has 2 aromatic carbocycles. The van der Waals surface area contributed by atoms with Crippen molar-refractivity contribution >= 4 is 11.0 Å². The number of rotatable bonds is 7. The Morgan fingerprint density at radius 2 is 1.43 bits per heavy atom. The molecule has 2 aliphatic heterocycles. The van der Waals surface area contributed by atoms with Gasteiger partial charge in [0.15, 0.2) is 18.2 Å². The fourth-order valence-corrected chi connectivity index (χ4v) is 5.42. The van der Waals surface area contributed by atoms with E-state index in [9.17, 15) is 45.6 Å². The van der Waals surface area contributed by atoms with Gasteiger partial charge in [-0.25, -0.2) is 0 Å². The number of fused-ring (bicyclic) bond motifs is 1. The van der Waals surface area contributed by atoms with Crippen molar-refractivity contribution in [1.29, 1.82) is 0 Å². The number of phenols is 3. The maximum Gasteiger partial charge on any atom is 0.239 e.